The van der Waals surface area contributed by atoms with Crippen molar-refractivity contribution >= 4 is 39.5 Å². The summed E-state index contributed by atoms with van der Waals surface area (Å²) < 4.78 is 0. The maximum Gasteiger partial charge on any atom is 0.278 e. The molecule has 7 heteroatoms. The first-order valence-electron chi connectivity index (χ1n) is 11.1. The minimum atomic E-state index is -0.501. The second-order valence-electron chi connectivity index (χ2n) is 8.39. The number of carbonyl (C=O) groups is 2. The SMILES string of the molecule is Cc1ccc(CN2C(=O)C(Nc3cccc4ccccc34)=C(c3ccc([N+](=O)[O-])cc3)C2=O)cc1. The quantitative estimate of drug-likeness (QED) is 0.233. The zero-order chi connectivity index (χ0) is 24.5. The Hall–Kier alpha value is -4.78. The summed E-state index contributed by atoms with van der Waals surface area (Å²) in [6.07, 6.45) is 0. The summed E-state index contributed by atoms with van der Waals surface area (Å²) >= 11 is 0. The number of aryl methyl sites for hydroxylation is 1. The van der Waals surface area contributed by atoms with E-state index in [2.05, 4.69) is 5.32 Å². The van der Waals surface area contributed by atoms with Crippen molar-refractivity contribution in [2.75, 3.05) is 5.32 Å². The molecule has 5 rings (SSSR count). The van der Waals surface area contributed by atoms with Gasteiger partial charge < -0.3 is 5.32 Å². The normalized spacial score (nSPS) is 13.6. The summed E-state index contributed by atoms with van der Waals surface area (Å²) in [6.45, 7) is 2.09. The molecule has 0 aromatic heterocycles. The van der Waals surface area contributed by atoms with Crippen LogP contribution >= 0.6 is 0 Å². The van der Waals surface area contributed by atoms with Crippen LogP contribution in [0.1, 0.15) is 16.7 Å². The van der Waals surface area contributed by atoms with Gasteiger partial charge in [0.15, 0.2) is 0 Å². The molecule has 0 spiro atoms. The van der Waals surface area contributed by atoms with Crippen molar-refractivity contribution in [2.24, 2.45) is 0 Å². The Morgan fingerprint density at radius 2 is 1.51 bits per heavy atom. The van der Waals surface area contributed by atoms with E-state index in [9.17, 15) is 19.7 Å². The molecule has 1 aliphatic heterocycles. The van der Waals surface area contributed by atoms with Gasteiger partial charge in [-0.15, -0.1) is 0 Å². The summed E-state index contributed by atoms with van der Waals surface area (Å²) in [6, 6.07) is 26.7. The van der Waals surface area contributed by atoms with Crippen molar-refractivity contribution in [1.82, 2.24) is 4.90 Å². The van der Waals surface area contributed by atoms with Crippen molar-refractivity contribution in [2.45, 2.75) is 13.5 Å². The van der Waals surface area contributed by atoms with Crippen molar-refractivity contribution in [3.05, 3.63) is 123 Å². The Morgan fingerprint density at radius 3 is 2.23 bits per heavy atom. The maximum absolute atomic E-state index is 13.6. The third-order valence-electron chi connectivity index (χ3n) is 6.05. The molecule has 0 saturated heterocycles. The molecule has 0 saturated carbocycles. The molecule has 4 aromatic rings. The van der Waals surface area contributed by atoms with Gasteiger partial charge in [0, 0.05) is 23.2 Å². The number of nitrogens with one attached hydrogen (secondary N) is 1. The van der Waals surface area contributed by atoms with Crippen LogP contribution in [0.15, 0.2) is 96.7 Å². The summed E-state index contributed by atoms with van der Waals surface area (Å²) in [5, 5.41) is 16.2. The van der Waals surface area contributed by atoms with Crippen LogP contribution in [0.5, 0.6) is 0 Å². The number of imide groups is 1. The van der Waals surface area contributed by atoms with Crippen LogP contribution in [-0.2, 0) is 16.1 Å². The first kappa shape index (κ1) is 22.0. The van der Waals surface area contributed by atoms with Gasteiger partial charge in [-0.1, -0.05) is 66.2 Å². The van der Waals surface area contributed by atoms with Crippen molar-refractivity contribution in [1.29, 1.82) is 0 Å². The van der Waals surface area contributed by atoms with Crippen LogP contribution in [0.25, 0.3) is 16.3 Å². The Kier molecular flexibility index (Phi) is 5.58. The van der Waals surface area contributed by atoms with E-state index in [0.29, 0.717) is 11.3 Å². The predicted molar refractivity (Wildman–Crippen MR) is 134 cm³/mol. The molecule has 172 valence electrons. The highest BCUT2D eigenvalue weighted by atomic mass is 16.6. The number of nitro groups is 1. The fourth-order valence-electron chi connectivity index (χ4n) is 4.20. The van der Waals surface area contributed by atoms with Gasteiger partial charge in [0.25, 0.3) is 17.5 Å². The van der Waals surface area contributed by atoms with E-state index in [1.165, 1.54) is 29.2 Å². The minimum Gasteiger partial charge on any atom is -0.350 e. The lowest BCUT2D eigenvalue weighted by atomic mass is 10.0. The van der Waals surface area contributed by atoms with E-state index in [0.717, 1.165) is 21.9 Å². The number of hydrogen-bond donors (Lipinski definition) is 1. The molecule has 0 atom stereocenters. The Bertz CT molecular complexity index is 1500. The molecular formula is C28H21N3O4. The molecule has 4 aromatic carbocycles. The number of nitro benzene ring substituents is 1. The van der Waals surface area contributed by atoms with E-state index < -0.39 is 16.7 Å². The Morgan fingerprint density at radius 1 is 0.829 bits per heavy atom. The molecule has 0 aliphatic carbocycles. The Labute approximate surface area is 201 Å². The zero-order valence-corrected chi connectivity index (χ0v) is 18.9. The average molecular weight is 463 g/mol. The largest absolute Gasteiger partial charge is 0.350 e. The number of benzene rings is 4. The molecule has 0 bridgehead atoms. The summed E-state index contributed by atoms with van der Waals surface area (Å²) in [7, 11) is 0. The van der Waals surface area contributed by atoms with Gasteiger partial charge in [-0.25, -0.2) is 0 Å². The van der Waals surface area contributed by atoms with E-state index in [1.807, 2.05) is 73.7 Å². The second kappa shape index (κ2) is 8.87. The number of amides is 2. The highest BCUT2D eigenvalue weighted by Crippen LogP contribution is 2.34. The van der Waals surface area contributed by atoms with Gasteiger partial charge >= 0.3 is 0 Å². The molecule has 1 aliphatic rings. The number of hydrogen-bond acceptors (Lipinski definition) is 5. The molecule has 1 heterocycles. The van der Waals surface area contributed by atoms with Crippen LogP contribution in [0.2, 0.25) is 0 Å². The van der Waals surface area contributed by atoms with E-state index in [4.69, 9.17) is 0 Å². The van der Waals surface area contributed by atoms with Crippen molar-refractivity contribution < 1.29 is 14.5 Å². The van der Waals surface area contributed by atoms with Gasteiger partial charge in [-0.2, -0.15) is 0 Å². The topological polar surface area (TPSA) is 92.6 Å². The zero-order valence-electron chi connectivity index (χ0n) is 18.9. The first-order chi connectivity index (χ1) is 16.9. The Balaban J connectivity index is 1.59. The van der Waals surface area contributed by atoms with Gasteiger partial charge in [-0.05, 0) is 41.6 Å². The third-order valence-corrected chi connectivity index (χ3v) is 6.05. The van der Waals surface area contributed by atoms with E-state index in [1.54, 1.807) is 0 Å². The van der Waals surface area contributed by atoms with Gasteiger partial charge in [0.1, 0.15) is 5.70 Å². The van der Waals surface area contributed by atoms with Crippen molar-refractivity contribution in [3.8, 4) is 0 Å². The van der Waals surface area contributed by atoms with Gasteiger partial charge in [0.2, 0.25) is 0 Å². The first-order valence-corrected chi connectivity index (χ1v) is 11.1. The smallest absolute Gasteiger partial charge is 0.278 e. The van der Waals surface area contributed by atoms with Gasteiger partial charge in [0.05, 0.1) is 17.0 Å². The number of non-ortho nitro benzene ring substituents is 1. The summed E-state index contributed by atoms with van der Waals surface area (Å²) in [5.41, 5.74) is 3.27. The number of anilines is 1. The summed E-state index contributed by atoms with van der Waals surface area (Å²) in [5.74, 6) is -0.899. The average Bonchev–Trinajstić information content (AvgIpc) is 3.09. The highest BCUT2D eigenvalue weighted by Gasteiger charge is 2.39. The van der Waals surface area contributed by atoms with Gasteiger partial charge in [-0.3, -0.25) is 24.6 Å². The van der Waals surface area contributed by atoms with E-state index >= 15 is 0 Å². The maximum atomic E-state index is 13.6. The predicted octanol–water partition coefficient (Wildman–Crippen LogP) is 5.45. The molecule has 35 heavy (non-hydrogen) atoms. The van der Waals surface area contributed by atoms with Crippen LogP contribution < -0.4 is 5.32 Å². The van der Waals surface area contributed by atoms with Crippen LogP contribution in [0.3, 0.4) is 0 Å². The van der Waals surface area contributed by atoms with Crippen LogP contribution in [0, 0.1) is 17.0 Å². The number of nitrogens with zero attached hydrogens (tertiary/aromatic N) is 2. The number of fused-ring (bicyclic) bond motifs is 1. The van der Waals surface area contributed by atoms with Crippen LogP contribution in [0.4, 0.5) is 11.4 Å². The molecule has 1 N–H and O–H groups in total. The molecule has 0 fully saturated rings. The lowest BCUT2D eigenvalue weighted by molar-refractivity contribution is -0.384. The van der Waals surface area contributed by atoms with Crippen molar-refractivity contribution in [3.63, 3.8) is 0 Å². The minimum absolute atomic E-state index is 0.0915. The second-order valence-corrected chi connectivity index (χ2v) is 8.39. The lowest BCUT2D eigenvalue weighted by Gasteiger charge is -2.16. The standard InChI is InChI=1S/C28H21N3O4/c1-18-9-11-19(12-10-18)17-30-27(32)25(21-13-15-22(16-14-21)31(34)35)26(28(30)33)29-24-8-4-6-20-5-2-3-7-23(20)24/h2-16,29H,17H2,1H3. The molecule has 0 unspecified atom stereocenters. The van der Waals surface area contributed by atoms with E-state index in [-0.39, 0.29) is 23.5 Å². The molecule has 0 radical (unpaired) electrons. The fourth-order valence-corrected chi connectivity index (χ4v) is 4.20. The monoisotopic (exact) mass is 463 g/mol. The third kappa shape index (κ3) is 4.15. The number of carbonyl (C=O) groups excluding carboxylic acids is 2. The molecule has 2 amide bonds. The number of rotatable bonds is 6. The molecular weight excluding hydrogens is 442 g/mol. The van der Waals surface area contributed by atoms with Crippen LogP contribution in [-0.4, -0.2) is 21.6 Å². The molecule has 7 nitrogen and oxygen atoms in total. The fraction of sp³-hybridized carbons (Fsp3) is 0.0714. The lowest BCUT2D eigenvalue weighted by Crippen LogP contribution is -2.32. The highest BCUT2D eigenvalue weighted by molar-refractivity contribution is 6.36. The summed E-state index contributed by atoms with van der Waals surface area (Å²) in [4.78, 5) is 38.9.